The Hall–Kier alpha value is -4.59. The Morgan fingerprint density at radius 2 is 1.46 bits per heavy atom. The van der Waals surface area contributed by atoms with Crippen LogP contribution < -0.4 is 20.3 Å². The summed E-state index contributed by atoms with van der Waals surface area (Å²) in [6.45, 7) is 1.85. The molecular formula is C30H21Cl2N3O4. The minimum atomic E-state index is -0.643. The smallest absolute Gasteiger partial charge is 0.283 e. The van der Waals surface area contributed by atoms with Gasteiger partial charge in [-0.2, -0.15) is 0 Å². The summed E-state index contributed by atoms with van der Waals surface area (Å²) in [6, 6.07) is 27.4. The summed E-state index contributed by atoms with van der Waals surface area (Å²) in [6.07, 6.45) is 0. The van der Waals surface area contributed by atoms with Crippen LogP contribution in [0.2, 0.25) is 5.02 Å². The fourth-order valence-electron chi connectivity index (χ4n) is 3.94. The van der Waals surface area contributed by atoms with Crippen LogP contribution in [0.5, 0.6) is 11.5 Å². The van der Waals surface area contributed by atoms with E-state index >= 15 is 0 Å². The first-order valence-corrected chi connectivity index (χ1v) is 12.6. The van der Waals surface area contributed by atoms with E-state index in [-0.39, 0.29) is 16.6 Å². The van der Waals surface area contributed by atoms with Crippen LogP contribution >= 0.6 is 23.2 Å². The Morgan fingerprint density at radius 3 is 2.13 bits per heavy atom. The van der Waals surface area contributed by atoms with Crippen molar-refractivity contribution in [1.29, 1.82) is 0 Å². The van der Waals surface area contributed by atoms with Gasteiger partial charge >= 0.3 is 0 Å². The van der Waals surface area contributed by atoms with Crippen LogP contribution in [0.1, 0.15) is 15.9 Å². The molecule has 0 spiro atoms. The summed E-state index contributed by atoms with van der Waals surface area (Å²) in [5.41, 5.74) is 2.67. The number of aryl methyl sites for hydroxylation is 1. The fourth-order valence-corrected chi connectivity index (χ4v) is 4.38. The summed E-state index contributed by atoms with van der Waals surface area (Å²) < 4.78 is 5.77. The standard InChI is InChI=1S/C30H21Cl2N3O4/c1-18-17-20(31)9-16-25(18)34-28(36)19-7-10-21(11-8-19)33-27-26(32)29(37)35(30(27)38)22-12-14-24(15-13-22)39-23-5-3-2-4-6-23/h2-17,33H,1H3,(H,34,36). The maximum absolute atomic E-state index is 13.1. The van der Waals surface area contributed by atoms with E-state index in [1.165, 1.54) is 0 Å². The number of anilines is 3. The zero-order chi connectivity index (χ0) is 27.5. The predicted molar refractivity (Wildman–Crippen MR) is 153 cm³/mol. The minimum absolute atomic E-state index is 0.0553. The zero-order valence-electron chi connectivity index (χ0n) is 20.6. The molecular weight excluding hydrogens is 537 g/mol. The Balaban J connectivity index is 1.26. The first-order valence-electron chi connectivity index (χ1n) is 11.9. The van der Waals surface area contributed by atoms with Crippen molar-refractivity contribution in [3.63, 3.8) is 0 Å². The number of imide groups is 1. The average molecular weight is 558 g/mol. The molecule has 39 heavy (non-hydrogen) atoms. The number of amides is 3. The molecule has 0 atom stereocenters. The molecule has 9 heteroatoms. The van der Waals surface area contributed by atoms with Gasteiger partial charge in [0.05, 0.1) is 5.69 Å². The highest BCUT2D eigenvalue weighted by molar-refractivity contribution is 6.53. The third-order valence-corrected chi connectivity index (χ3v) is 6.54. The SMILES string of the molecule is Cc1cc(Cl)ccc1NC(=O)c1ccc(NC2=C(Cl)C(=O)N(c3ccc(Oc4ccccc4)cc3)C2=O)cc1. The second kappa shape index (κ2) is 11.0. The van der Waals surface area contributed by atoms with Gasteiger partial charge in [0.25, 0.3) is 17.7 Å². The molecule has 2 N–H and O–H groups in total. The minimum Gasteiger partial charge on any atom is -0.457 e. The van der Waals surface area contributed by atoms with Crippen LogP contribution in [0, 0.1) is 6.92 Å². The van der Waals surface area contributed by atoms with Gasteiger partial charge in [0.2, 0.25) is 0 Å². The van der Waals surface area contributed by atoms with E-state index in [0.29, 0.717) is 39.1 Å². The first kappa shape index (κ1) is 26.0. The van der Waals surface area contributed by atoms with E-state index in [1.54, 1.807) is 66.7 Å². The molecule has 0 radical (unpaired) electrons. The fraction of sp³-hybridized carbons (Fsp3) is 0.0333. The number of para-hydroxylation sites is 1. The molecule has 1 aliphatic heterocycles. The quantitative estimate of drug-likeness (QED) is 0.236. The Morgan fingerprint density at radius 1 is 0.795 bits per heavy atom. The molecule has 0 aliphatic carbocycles. The molecule has 4 aromatic carbocycles. The predicted octanol–water partition coefficient (Wildman–Crippen LogP) is 7.13. The summed E-state index contributed by atoms with van der Waals surface area (Å²) in [7, 11) is 0. The second-order valence-corrected chi connectivity index (χ2v) is 9.47. The average Bonchev–Trinajstić information content (AvgIpc) is 3.14. The van der Waals surface area contributed by atoms with E-state index < -0.39 is 11.8 Å². The lowest BCUT2D eigenvalue weighted by molar-refractivity contribution is -0.120. The van der Waals surface area contributed by atoms with Gasteiger partial charge in [-0.15, -0.1) is 0 Å². The van der Waals surface area contributed by atoms with Gasteiger partial charge < -0.3 is 15.4 Å². The maximum Gasteiger partial charge on any atom is 0.283 e. The molecule has 5 rings (SSSR count). The molecule has 3 amide bonds. The number of benzene rings is 4. The van der Waals surface area contributed by atoms with Crippen LogP contribution in [0.25, 0.3) is 0 Å². The van der Waals surface area contributed by atoms with Crippen molar-refractivity contribution >= 4 is 58.0 Å². The van der Waals surface area contributed by atoms with Crippen LogP contribution in [0.4, 0.5) is 17.1 Å². The molecule has 0 unspecified atom stereocenters. The highest BCUT2D eigenvalue weighted by Crippen LogP contribution is 2.32. The van der Waals surface area contributed by atoms with Crippen molar-refractivity contribution < 1.29 is 19.1 Å². The van der Waals surface area contributed by atoms with Gasteiger partial charge in [-0.05, 0) is 91.3 Å². The van der Waals surface area contributed by atoms with E-state index in [1.807, 2.05) is 37.3 Å². The summed E-state index contributed by atoms with van der Waals surface area (Å²) in [5.74, 6) is -0.325. The largest absolute Gasteiger partial charge is 0.457 e. The first-order chi connectivity index (χ1) is 18.8. The van der Waals surface area contributed by atoms with Crippen molar-refractivity contribution in [2.75, 3.05) is 15.5 Å². The van der Waals surface area contributed by atoms with E-state index in [4.69, 9.17) is 27.9 Å². The highest BCUT2D eigenvalue weighted by atomic mass is 35.5. The molecule has 0 saturated carbocycles. The van der Waals surface area contributed by atoms with E-state index in [9.17, 15) is 14.4 Å². The van der Waals surface area contributed by atoms with Gasteiger partial charge in [-0.25, -0.2) is 4.90 Å². The Bertz CT molecular complexity index is 1600. The van der Waals surface area contributed by atoms with Crippen molar-refractivity contribution in [2.45, 2.75) is 6.92 Å². The van der Waals surface area contributed by atoms with Crippen LogP contribution in [0.15, 0.2) is 108 Å². The number of hydrogen-bond donors (Lipinski definition) is 2. The zero-order valence-corrected chi connectivity index (χ0v) is 22.1. The van der Waals surface area contributed by atoms with Crippen molar-refractivity contribution in [1.82, 2.24) is 0 Å². The van der Waals surface area contributed by atoms with Crippen molar-refractivity contribution in [3.05, 3.63) is 124 Å². The molecule has 1 aliphatic rings. The topological polar surface area (TPSA) is 87.7 Å². The molecule has 0 bridgehead atoms. The number of rotatable bonds is 7. The lowest BCUT2D eigenvalue weighted by atomic mass is 10.1. The maximum atomic E-state index is 13.1. The highest BCUT2D eigenvalue weighted by Gasteiger charge is 2.39. The lowest BCUT2D eigenvalue weighted by Crippen LogP contribution is -2.32. The number of ether oxygens (including phenoxy) is 1. The number of hydrogen-bond acceptors (Lipinski definition) is 5. The van der Waals surface area contributed by atoms with Gasteiger partial charge in [-0.3, -0.25) is 14.4 Å². The normalized spacial score (nSPS) is 13.1. The van der Waals surface area contributed by atoms with Gasteiger partial charge in [0, 0.05) is 22.0 Å². The van der Waals surface area contributed by atoms with Gasteiger partial charge in [-0.1, -0.05) is 41.4 Å². The molecule has 4 aromatic rings. The van der Waals surface area contributed by atoms with Crippen molar-refractivity contribution in [3.8, 4) is 11.5 Å². The second-order valence-electron chi connectivity index (χ2n) is 8.66. The molecule has 0 saturated heterocycles. The Kier molecular flexibility index (Phi) is 7.36. The lowest BCUT2D eigenvalue weighted by Gasteiger charge is -2.16. The number of nitrogens with zero attached hydrogens (tertiary/aromatic N) is 1. The molecule has 7 nitrogen and oxygen atoms in total. The van der Waals surface area contributed by atoms with Gasteiger partial charge in [0.15, 0.2) is 0 Å². The monoisotopic (exact) mass is 557 g/mol. The van der Waals surface area contributed by atoms with Crippen molar-refractivity contribution in [2.24, 2.45) is 0 Å². The molecule has 194 valence electrons. The summed E-state index contributed by atoms with van der Waals surface area (Å²) >= 11 is 12.2. The van der Waals surface area contributed by atoms with E-state index in [2.05, 4.69) is 10.6 Å². The summed E-state index contributed by atoms with van der Waals surface area (Å²) in [4.78, 5) is 39.6. The Labute approximate surface area is 234 Å². The number of carbonyl (C=O) groups is 3. The van der Waals surface area contributed by atoms with E-state index in [0.717, 1.165) is 10.5 Å². The van der Waals surface area contributed by atoms with Gasteiger partial charge in [0.1, 0.15) is 22.2 Å². The molecule has 0 fully saturated rings. The third kappa shape index (κ3) is 5.65. The number of halogens is 2. The number of carbonyl (C=O) groups excluding carboxylic acids is 3. The van der Waals surface area contributed by atoms with Crippen LogP contribution in [-0.2, 0) is 9.59 Å². The third-order valence-electron chi connectivity index (χ3n) is 5.95. The number of nitrogens with one attached hydrogen (secondary N) is 2. The molecule has 1 heterocycles. The van der Waals surface area contributed by atoms with Crippen LogP contribution in [0.3, 0.4) is 0 Å². The summed E-state index contributed by atoms with van der Waals surface area (Å²) in [5, 5.41) is 6.11. The molecule has 0 aromatic heterocycles. The van der Waals surface area contributed by atoms with Crippen LogP contribution in [-0.4, -0.2) is 17.7 Å².